The number of pyridine rings is 1. The SMILES string of the molecule is CNCc1cnc(N(C)c2cccc(OC)c2)c(Cl)c1. The minimum atomic E-state index is 0.628. The van der Waals surface area contributed by atoms with Crippen molar-refractivity contribution in [3.8, 4) is 5.75 Å². The number of hydrogen-bond acceptors (Lipinski definition) is 4. The third-order valence-electron chi connectivity index (χ3n) is 3.02. The lowest BCUT2D eigenvalue weighted by molar-refractivity contribution is 0.415. The molecular formula is C15H18ClN3O. The van der Waals surface area contributed by atoms with Crippen LogP contribution >= 0.6 is 11.6 Å². The molecule has 0 atom stereocenters. The molecular weight excluding hydrogens is 274 g/mol. The Balaban J connectivity index is 2.30. The molecule has 20 heavy (non-hydrogen) atoms. The zero-order chi connectivity index (χ0) is 14.5. The van der Waals surface area contributed by atoms with E-state index in [2.05, 4.69) is 10.3 Å². The first-order chi connectivity index (χ1) is 9.65. The number of methoxy groups -OCH3 is 1. The lowest BCUT2D eigenvalue weighted by Crippen LogP contribution is -2.13. The molecule has 0 aliphatic rings. The molecule has 0 saturated heterocycles. The second-order valence-electron chi connectivity index (χ2n) is 4.44. The summed E-state index contributed by atoms with van der Waals surface area (Å²) < 4.78 is 5.23. The summed E-state index contributed by atoms with van der Waals surface area (Å²) in [7, 11) is 5.47. The predicted octanol–water partition coefficient (Wildman–Crippen LogP) is 3.23. The van der Waals surface area contributed by atoms with Crippen LogP contribution in [0.1, 0.15) is 5.56 Å². The molecule has 0 radical (unpaired) electrons. The lowest BCUT2D eigenvalue weighted by Gasteiger charge is -2.20. The van der Waals surface area contributed by atoms with Gasteiger partial charge in [0.1, 0.15) is 5.75 Å². The molecule has 106 valence electrons. The highest BCUT2D eigenvalue weighted by atomic mass is 35.5. The first-order valence-electron chi connectivity index (χ1n) is 6.32. The average molecular weight is 292 g/mol. The number of ether oxygens (including phenoxy) is 1. The number of nitrogens with one attached hydrogen (secondary N) is 1. The Bertz CT molecular complexity index is 589. The fraction of sp³-hybridized carbons (Fsp3) is 0.267. The van der Waals surface area contributed by atoms with E-state index in [1.54, 1.807) is 7.11 Å². The number of aromatic nitrogens is 1. The summed E-state index contributed by atoms with van der Waals surface area (Å²) in [4.78, 5) is 6.38. The number of benzene rings is 1. The number of anilines is 2. The third kappa shape index (κ3) is 3.21. The van der Waals surface area contributed by atoms with Crippen LogP contribution in [0.15, 0.2) is 36.5 Å². The van der Waals surface area contributed by atoms with Crippen molar-refractivity contribution >= 4 is 23.1 Å². The fourth-order valence-electron chi connectivity index (χ4n) is 1.96. The van der Waals surface area contributed by atoms with Crippen LogP contribution < -0.4 is 15.0 Å². The van der Waals surface area contributed by atoms with Crippen molar-refractivity contribution in [3.05, 3.63) is 47.1 Å². The van der Waals surface area contributed by atoms with Gasteiger partial charge in [0.2, 0.25) is 0 Å². The number of nitrogens with zero attached hydrogens (tertiary/aromatic N) is 2. The van der Waals surface area contributed by atoms with E-state index in [9.17, 15) is 0 Å². The van der Waals surface area contributed by atoms with Crippen molar-refractivity contribution in [2.75, 3.05) is 26.1 Å². The molecule has 1 N–H and O–H groups in total. The summed E-state index contributed by atoms with van der Waals surface area (Å²) in [5.41, 5.74) is 2.03. The van der Waals surface area contributed by atoms with E-state index in [-0.39, 0.29) is 0 Å². The average Bonchev–Trinajstić information content (AvgIpc) is 2.47. The van der Waals surface area contributed by atoms with Gasteiger partial charge in [0, 0.05) is 31.5 Å². The monoisotopic (exact) mass is 291 g/mol. The molecule has 1 heterocycles. The zero-order valence-corrected chi connectivity index (χ0v) is 12.6. The summed E-state index contributed by atoms with van der Waals surface area (Å²) in [5.74, 6) is 1.53. The third-order valence-corrected chi connectivity index (χ3v) is 3.30. The molecule has 5 heteroatoms. The van der Waals surface area contributed by atoms with Gasteiger partial charge < -0.3 is 15.0 Å². The van der Waals surface area contributed by atoms with E-state index >= 15 is 0 Å². The van der Waals surface area contributed by atoms with Crippen molar-refractivity contribution < 1.29 is 4.74 Å². The highest BCUT2D eigenvalue weighted by molar-refractivity contribution is 6.33. The summed E-state index contributed by atoms with van der Waals surface area (Å²) >= 11 is 6.32. The Morgan fingerprint density at radius 1 is 1.35 bits per heavy atom. The normalized spacial score (nSPS) is 10.4. The number of hydrogen-bond donors (Lipinski definition) is 1. The van der Waals surface area contributed by atoms with E-state index in [1.807, 2.05) is 55.5 Å². The highest BCUT2D eigenvalue weighted by Gasteiger charge is 2.11. The molecule has 0 unspecified atom stereocenters. The van der Waals surface area contributed by atoms with Gasteiger partial charge in [0.15, 0.2) is 5.82 Å². The van der Waals surface area contributed by atoms with Crippen LogP contribution in [0.2, 0.25) is 5.02 Å². The Morgan fingerprint density at radius 3 is 2.80 bits per heavy atom. The molecule has 4 nitrogen and oxygen atoms in total. The van der Waals surface area contributed by atoms with Crippen LogP contribution in [0.4, 0.5) is 11.5 Å². The predicted molar refractivity (Wildman–Crippen MR) is 83.1 cm³/mol. The Labute approximate surface area is 124 Å². The second kappa shape index (κ2) is 6.59. The van der Waals surface area contributed by atoms with Gasteiger partial charge in [-0.2, -0.15) is 0 Å². The zero-order valence-electron chi connectivity index (χ0n) is 11.9. The summed E-state index contributed by atoms with van der Waals surface area (Å²) in [6.07, 6.45) is 1.83. The van der Waals surface area contributed by atoms with Crippen LogP contribution in [-0.4, -0.2) is 26.2 Å². The van der Waals surface area contributed by atoms with Gasteiger partial charge in [-0.05, 0) is 30.8 Å². The maximum atomic E-state index is 6.32. The Morgan fingerprint density at radius 2 is 2.15 bits per heavy atom. The molecule has 0 amide bonds. The Hall–Kier alpha value is -1.78. The first-order valence-corrected chi connectivity index (χ1v) is 6.70. The number of rotatable bonds is 5. The Kier molecular flexibility index (Phi) is 4.82. The molecule has 2 rings (SSSR count). The van der Waals surface area contributed by atoms with Crippen molar-refractivity contribution in [1.29, 1.82) is 0 Å². The quantitative estimate of drug-likeness (QED) is 0.918. The van der Waals surface area contributed by atoms with Gasteiger partial charge in [0.25, 0.3) is 0 Å². The summed E-state index contributed by atoms with van der Waals surface area (Å²) in [6, 6.07) is 9.70. The second-order valence-corrected chi connectivity index (χ2v) is 4.85. The molecule has 1 aromatic carbocycles. The minimum absolute atomic E-state index is 0.628. The molecule has 1 aromatic heterocycles. The number of halogens is 1. The molecule has 0 aliphatic heterocycles. The van der Waals surface area contributed by atoms with E-state index in [0.717, 1.165) is 29.4 Å². The molecule has 0 spiro atoms. The van der Waals surface area contributed by atoms with Gasteiger partial charge in [-0.25, -0.2) is 4.98 Å². The highest BCUT2D eigenvalue weighted by Crippen LogP contribution is 2.30. The largest absolute Gasteiger partial charge is 0.497 e. The van der Waals surface area contributed by atoms with Crippen LogP contribution in [0.5, 0.6) is 5.75 Å². The van der Waals surface area contributed by atoms with Crippen LogP contribution in [0.25, 0.3) is 0 Å². The standard InChI is InChI=1S/C15H18ClN3O/c1-17-9-11-7-14(16)15(18-10-11)19(2)12-5-4-6-13(8-12)20-3/h4-8,10,17H,9H2,1-3H3. The molecule has 2 aromatic rings. The summed E-state index contributed by atoms with van der Waals surface area (Å²) in [6.45, 7) is 0.746. The van der Waals surface area contributed by atoms with Crippen LogP contribution in [0, 0.1) is 0 Å². The van der Waals surface area contributed by atoms with E-state index in [1.165, 1.54) is 0 Å². The molecule has 0 saturated carbocycles. The van der Waals surface area contributed by atoms with Gasteiger partial charge in [-0.15, -0.1) is 0 Å². The van der Waals surface area contributed by atoms with Gasteiger partial charge in [-0.1, -0.05) is 17.7 Å². The van der Waals surface area contributed by atoms with Gasteiger partial charge in [0.05, 0.1) is 12.1 Å². The molecule has 0 aliphatic carbocycles. The molecule has 0 fully saturated rings. The maximum absolute atomic E-state index is 6.32. The van der Waals surface area contributed by atoms with Gasteiger partial charge >= 0.3 is 0 Å². The smallest absolute Gasteiger partial charge is 0.151 e. The van der Waals surface area contributed by atoms with Crippen molar-refractivity contribution in [3.63, 3.8) is 0 Å². The van der Waals surface area contributed by atoms with Crippen molar-refractivity contribution in [2.24, 2.45) is 0 Å². The van der Waals surface area contributed by atoms with E-state index < -0.39 is 0 Å². The van der Waals surface area contributed by atoms with Crippen LogP contribution in [-0.2, 0) is 6.54 Å². The fourth-order valence-corrected chi connectivity index (χ4v) is 2.28. The van der Waals surface area contributed by atoms with E-state index in [4.69, 9.17) is 16.3 Å². The summed E-state index contributed by atoms with van der Waals surface area (Å²) in [5, 5.41) is 3.71. The van der Waals surface area contributed by atoms with Crippen LogP contribution in [0.3, 0.4) is 0 Å². The topological polar surface area (TPSA) is 37.4 Å². The first kappa shape index (κ1) is 14.6. The minimum Gasteiger partial charge on any atom is -0.497 e. The van der Waals surface area contributed by atoms with Crippen molar-refractivity contribution in [2.45, 2.75) is 6.54 Å². The maximum Gasteiger partial charge on any atom is 0.151 e. The molecule has 0 bridgehead atoms. The lowest BCUT2D eigenvalue weighted by atomic mass is 10.2. The van der Waals surface area contributed by atoms with Crippen molar-refractivity contribution in [1.82, 2.24) is 10.3 Å². The van der Waals surface area contributed by atoms with E-state index in [0.29, 0.717) is 5.02 Å². The van der Waals surface area contributed by atoms with Gasteiger partial charge in [-0.3, -0.25) is 0 Å².